The highest BCUT2D eigenvalue weighted by atomic mass is 32.1. The highest BCUT2D eigenvalue weighted by molar-refractivity contribution is 7.13. The maximum Gasteiger partial charge on any atom is 0.259 e. The van der Waals surface area contributed by atoms with Crippen molar-refractivity contribution in [1.29, 1.82) is 0 Å². The molecule has 6 nitrogen and oxygen atoms in total. The van der Waals surface area contributed by atoms with Crippen molar-refractivity contribution in [3.05, 3.63) is 89.2 Å². The van der Waals surface area contributed by atoms with Crippen molar-refractivity contribution in [2.24, 2.45) is 5.73 Å². The lowest BCUT2D eigenvalue weighted by Gasteiger charge is -2.05. The Labute approximate surface area is 169 Å². The molecule has 0 aliphatic carbocycles. The second kappa shape index (κ2) is 7.69. The summed E-state index contributed by atoms with van der Waals surface area (Å²) in [6.45, 7) is 0. The summed E-state index contributed by atoms with van der Waals surface area (Å²) in [6, 6.07) is 15.9. The fourth-order valence-corrected chi connectivity index (χ4v) is 3.50. The van der Waals surface area contributed by atoms with Crippen molar-refractivity contribution in [3.8, 4) is 16.3 Å². The van der Waals surface area contributed by atoms with Gasteiger partial charge in [-0.15, -0.1) is 11.3 Å². The average Bonchev–Trinajstić information content (AvgIpc) is 3.39. The number of benzene rings is 2. The number of thiophene rings is 1. The van der Waals surface area contributed by atoms with Crippen LogP contribution in [0, 0.1) is 5.82 Å². The number of carbonyl (C=O) groups excluding carboxylic acids is 2. The SMILES string of the molecule is NC(=O)c1ccc(NC(=O)c2cn(-c3ccc(F)cc3)nc2-c2cccs2)cc1. The molecule has 2 aromatic heterocycles. The number of nitrogens with zero attached hydrogens (tertiary/aromatic N) is 2. The Morgan fingerprint density at radius 2 is 1.76 bits per heavy atom. The molecular weight excluding hydrogens is 391 g/mol. The second-order valence-corrected chi connectivity index (χ2v) is 7.13. The fourth-order valence-electron chi connectivity index (χ4n) is 2.78. The Morgan fingerprint density at radius 3 is 2.38 bits per heavy atom. The third-order valence-electron chi connectivity index (χ3n) is 4.23. The third kappa shape index (κ3) is 3.92. The maximum atomic E-state index is 13.2. The smallest absolute Gasteiger partial charge is 0.259 e. The van der Waals surface area contributed by atoms with Crippen molar-refractivity contribution in [3.63, 3.8) is 0 Å². The number of anilines is 1. The number of halogens is 1. The summed E-state index contributed by atoms with van der Waals surface area (Å²) in [4.78, 5) is 25.0. The summed E-state index contributed by atoms with van der Waals surface area (Å²) < 4.78 is 14.8. The number of amides is 2. The first kappa shape index (κ1) is 18.6. The van der Waals surface area contributed by atoms with Gasteiger partial charge in [0.15, 0.2) is 0 Å². The minimum absolute atomic E-state index is 0.350. The lowest BCUT2D eigenvalue weighted by molar-refractivity contribution is 0.0998. The van der Waals surface area contributed by atoms with Crippen LogP contribution in [0.25, 0.3) is 16.3 Å². The molecule has 0 fully saturated rings. The second-order valence-electron chi connectivity index (χ2n) is 6.19. The monoisotopic (exact) mass is 406 g/mol. The lowest BCUT2D eigenvalue weighted by Crippen LogP contribution is -2.13. The van der Waals surface area contributed by atoms with Gasteiger partial charge in [0, 0.05) is 17.4 Å². The molecule has 4 rings (SSSR count). The number of primary amides is 1. The van der Waals surface area contributed by atoms with Crippen molar-refractivity contribution in [1.82, 2.24) is 9.78 Å². The van der Waals surface area contributed by atoms with Gasteiger partial charge in [0.05, 0.1) is 16.1 Å². The third-order valence-corrected chi connectivity index (χ3v) is 5.11. The first-order chi connectivity index (χ1) is 14.0. The summed E-state index contributed by atoms with van der Waals surface area (Å²) in [5.74, 6) is -1.24. The van der Waals surface area contributed by atoms with Gasteiger partial charge >= 0.3 is 0 Å². The Bertz CT molecular complexity index is 1170. The van der Waals surface area contributed by atoms with E-state index in [9.17, 15) is 14.0 Å². The molecule has 144 valence electrons. The number of rotatable bonds is 5. The fraction of sp³-hybridized carbons (Fsp3) is 0. The molecule has 8 heteroatoms. The summed E-state index contributed by atoms with van der Waals surface area (Å²) in [5, 5.41) is 9.24. The molecule has 3 N–H and O–H groups in total. The van der Waals surface area contributed by atoms with E-state index in [1.165, 1.54) is 23.5 Å². The van der Waals surface area contributed by atoms with Crippen LogP contribution in [0.4, 0.5) is 10.1 Å². The van der Waals surface area contributed by atoms with Crippen LogP contribution in [0.1, 0.15) is 20.7 Å². The van der Waals surface area contributed by atoms with Crippen molar-refractivity contribution < 1.29 is 14.0 Å². The summed E-state index contributed by atoms with van der Waals surface area (Å²) in [6.07, 6.45) is 1.61. The van der Waals surface area contributed by atoms with Gasteiger partial charge < -0.3 is 11.1 Å². The average molecular weight is 406 g/mol. The van der Waals surface area contributed by atoms with E-state index in [2.05, 4.69) is 10.4 Å². The van der Waals surface area contributed by atoms with Crippen LogP contribution in [0.5, 0.6) is 0 Å². The predicted octanol–water partition coefficient (Wildman–Crippen LogP) is 4.09. The minimum atomic E-state index is -0.538. The van der Waals surface area contributed by atoms with Crippen molar-refractivity contribution in [2.45, 2.75) is 0 Å². The van der Waals surface area contributed by atoms with Gasteiger partial charge in [0.25, 0.3) is 5.91 Å². The van der Waals surface area contributed by atoms with Crippen LogP contribution in [0.2, 0.25) is 0 Å². The first-order valence-corrected chi connectivity index (χ1v) is 9.50. The number of carbonyl (C=O) groups is 2. The van der Waals surface area contributed by atoms with Crippen LogP contribution in [0.15, 0.2) is 72.2 Å². The largest absolute Gasteiger partial charge is 0.366 e. The van der Waals surface area contributed by atoms with Crippen LogP contribution >= 0.6 is 11.3 Å². The molecule has 4 aromatic rings. The van der Waals surface area contributed by atoms with Gasteiger partial charge in [-0.2, -0.15) is 5.10 Å². The quantitative estimate of drug-likeness (QED) is 0.523. The van der Waals surface area contributed by atoms with Gasteiger partial charge in [-0.25, -0.2) is 9.07 Å². The number of hydrogen-bond donors (Lipinski definition) is 2. The Hall–Kier alpha value is -3.78. The molecule has 0 radical (unpaired) electrons. The Kier molecular flexibility index (Phi) is 4.92. The maximum absolute atomic E-state index is 13.2. The molecule has 0 saturated heterocycles. The molecule has 2 heterocycles. The molecule has 0 bridgehead atoms. The van der Waals surface area contributed by atoms with Crippen LogP contribution in [0.3, 0.4) is 0 Å². The van der Waals surface area contributed by atoms with E-state index in [1.54, 1.807) is 47.3 Å². The molecule has 2 aromatic carbocycles. The van der Waals surface area contributed by atoms with Gasteiger partial charge in [-0.05, 0) is 60.0 Å². The highest BCUT2D eigenvalue weighted by Gasteiger charge is 2.19. The van der Waals surface area contributed by atoms with Gasteiger partial charge in [-0.3, -0.25) is 9.59 Å². The molecule has 0 aliphatic rings. The van der Waals surface area contributed by atoms with E-state index in [4.69, 9.17) is 5.73 Å². The van der Waals surface area contributed by atoms with Crippen LogP contribution in [-0.4, -0.2) is 21.6 Å². The van der Waals surface area contributed by atoms with Crippen molar-refractivity contribution in [2.75, 3.05) is 5.32 Å². The zero-order valence-electron chi connectivity index (χ0n) is 15.0. The molecule has 0 unspecified atom stereocenters. The number of nitrogens with two attached hydrogens (primary N) is 1. The standard InChI is InChI=1S/C21H15FN4O2S/c22-14-5-9-16(10-6-14)26-12-17(19(25-26)18-2-1-11-29-18)21(28)24-15-7-3-13(4-8-15)20(23)27/h1-12H,(H2,23,27)(H,24,28). The summed E-state index contributed by atoms with van der Waals surface area (Å²) >= 11 is 1.46. The molecule has 0 spiro atoms. The van der Waals surface area contributed by atoms with Crippen LogP contribution < -0.4 is 11.1 Å². The zero-order valence-corrected chi connectivity index (χ0v) is 15.8. The topological polar surface area (TPSA) is 90.0 Å². The Morgan fingerprint density at radius 1 is 1.03 bits per heavy atom. The number of aromatic nitrogens is 2. The number of hydrogen-bond acceptors (Lipinski definition) is 4. The zero-order chi connectivity index (χ0) is 20.4. The normalized spacial score (nSPS) is 10.7. The van der Waals surface area contributed by atoms with E-state index in [0.717, 1.165) is 4.88 Å². The highest BCUT2D eigenvalue weighted by Crippen LogP contribution is 2.28. The van der Waals surface area contributed by atoms with Crippen molar-refractivity contribution >= 4 is 28.8 Å². The summed E-state index contributed by atoms with van der Waals surface area (Å²) in [7, 11) is 0. The summed E-state index contributed by atoms with van der Waals surface area (Å²) in [5.41, 5.74) is 7.64. The van der Waals surface area contributed by atoms with E-state index >= 15 is 0 Å². The van der Waals surface area contributed by atoms with Gasteiger partial charge in [-0.1, -0.05) is 6.07 Å². The predicted molar refractivity (Wildman–Crippen MR) is 110 cm³/mol. The molecule has 0 aliphatic heterocycles. The minimum Gasteiger partial charge on any atom is -0.366 e. The van der Waals surface area contributed by atoms with E-state index < -0.39 is 5.91 Å². The molecular formula is C21H15FN4O2S. The lowest BCUT2D eigenvalue weighted by atomic mass is 10.1. The molecule has 0 atom stereocenters. The van der Waals surface area contributed by atoms with E-state index in [0.29, 0.717) is 28.2 Å². The first-order valence-electron chi connectivity index (χ1n) is 8.62. The van der Waals surface area contributed by atoms with E-state index in [1.807, 2.05) is 17.5 Å². The molecule has 29 heavy (non-hydrogen) atoms. The number of nitrogens with one attached hydrogen (secondary N) is 1. The Balaban J connectivity index is 1.68. The molecule has 2 amide bonds. The van der Waals surface area contributed by atoms with Gasteiger partial charge in [0.2, 0.25) is 5.91 Å². The molecule has 0 saturated carbocycles. The van der Waals surface area contributed by atoms with E-state index in [-0.39, 0.29) is 11.7 Å². The van der Waals surface area contributed by atoms with Crippen LogP contribution in [-0.2, 0) is 0 Å². The van der Waals surface area contributed by atoms with Gasteiger partial charge in [0.1, 0.15) is 11.5 Å².